The van der Waals surface area contributed by atoms with Gasteiger partial charge in [0.2, 0.25) is 11.6 Å². The Morgan fingerprint density at radius 2 is 2.18 bits per heavy atom. The van der Waals surface area contributed by atoms with Gasteiger partial charge in [-0.05, 0) is 0 Å². The van der Waals surface area contributed by atoms with Crippen LogP contribution >= 0.6 is 7.60 Å². The van der Waals surface area contributed by atoms with E-state index in [2.05, 4.69) is 19.7 Å². The fourth-order valence-corrected chi connectivity index (χ4v) is 1.87. The summed E-state index contributed by atoms with van der Waals surface area (Å²) in [5.41, 5.74) is 4.97. The first-order valence-electron chi connectivity index (χ1n) is 5.93. The molecule has 2 rings (SSSR count). The molecule has 2 aromatic rings. The van der Waals surface area contributed by atoms with Crippen molar-refractivity contribution < 1.29 is 29.0 Å². The summed E-state index contributed by atoms with van der Waals surface area (Å²) in [6.45, 7) is -0.616. The van der Waals surface area contributed by atoms with Crippen LogP contribution in [0.4, 0.5) is 5.95 Å². The van der Waals surface area contributed by atoms with E-state index in [4.69, 9.17) is 20.4 Å². The van der Waals surface area contributed by atoms with Crippen LogP contribution in [0.1, 0.15) is 0 Å². The molecule has 22 heavy (non-hydrogen) atoms. The van der Waals surface area contributed by atoms with E-state index in [1.807, 2.05) is 0 Å². The van der Waals surface area contributed by atoms with Crippen LogP contribution in [0.2, 0.25) is 0 Å². The van der Waals surface area contributed by atoms with Crippen molar-refractivity contribution in [3.8, 4) is 0 Å². The lowest BCUT2D eigenvalue weighted by Crippen LogP contribution is -2.28. The molecule has 0 spiro atoms. The molecule has 0 bridgehead atoms. The number of hydrogen-bond acceptors (Lipinski definition) is 8. The highest BCUT2D eigenvalue weighted by molar-refractivity contribution is 7.51. The van der Waals surface area contributed by atoms with Crippen LogP contribution in [0.5, 0.6) is 0 Å². The zero-order chi connectivity index (χ0) is 16.3. The zero-order valence-electron chi connectivity index (χ0n) is 11.1. The van der Waals surface area contributed by atoms with Crippen LogP contribution in [0.15, 0.2) is 11.1 Å². The van der Waals surface area contributed by atoms with Crippen molar-refractivity contribution in [1.82, 2.24) is 19.7 Å². The highest BCUT2D eigenvalue weighted by Gasteiger charge is 2.16. The number of rotatable bonds is 7. The van der Waals surface area contributed by atoms with Crippen LogP contribution < -0.4 is 16.1 Å². The number of nitrogens with zero attached hydrogens (tertiary/aromatic N) is 3. The number of nitrogens with one attached hydrogen (secondary N) is 1. The number of aliphatic hydroxyl groups is 1. The van der Waals surface area contributed by atoms with Crippen molar-refractivity contribution in [2.24, 2.45) is 0 Å². The molecule has 0 aliphatic carbocycles. The van der Waals surface area contributed by atoms with Gasteiger partial charge in [-0.15, -0.1) is 0 Å². The molecule has 0 saturated carbocycles. The van der Waals surface area contributed by atoms with E-state index in [1.54, 1.807) is 0 Å². The van der Waals surface area contributed by atoms with E-state index in [0.29, 0.717) is 0 Å². The van der Waals surface area contributed by atoms with E-state index in [9.17, 15) is 14.5 Å². The number of fused-ring (bicyclic) bond motifs is 1. The number of nitrogens with two attached hydrogens (primary N) is 1. The lowest BCUT2D eigenvalue weighted by molar-refractivity contribution is -0.0146. The molecule has 12 nitrogen and oxygen atoms in total. The van der Waals surface area contributed by atoms with E-state index in [-0.39, 0.29) is 30.3 Å². The van der Waals surface area contributed by atoms with Crippen molar-refractivity contribution in [3.05, 3.63) is 16.7 Å². The molecule has 0 aromatic carbocycles. The number of ether oxygens (including phenoxy) is 1. The number of nitrogen functional groups attached to an aromatic ring is 1. The molecule has 13 heteroatoms. The lowest BCUT2D eigenvalue weighted by Gasteiger charge is -2.13. The van der Waals surface area contributed by atoms with Crippen LogP contribution in [-0.2, 0) is 9.30 Å². The Labute approximate surface area is 122 Å². The maximum absolute atomic E-state index is 11.5. The van der Waals surface area contributed by atoms with Crippen molar-refractivity contribution in [1.29, 1.82) is 0 Å². The summed E-state index contributed by atoms with van der Waals surface area (Å²) in [7, 11) is -4.28. The Bertz CT molecular complexity index is 752. The molecule has 6 N–H and O–H groups in total. The molecular formula is C9H14N5O7P. The van der Waals surface area contributed by atoms with E-state index >= 15 is 0 Å². The summed E-state index contributed by atoms with van der Waals surface area (Å²) in [4.78, 5) is 43.8. The standard InChI is InChI=1S/C9H14N5O7P/c10-9-12-7-6(8(16)13-9)11-3-14(7)21-2-5(15)1-20-4-22(17,18)19/h3,5,15H,1-2,4H2,(H2,17,18,19)(H3,10,12,13,16). The van der Waals surface area contributed by atoms with Gasteiger partial charge in [0.1, 0.15) is 25.4 Å². The fourth-order valence-electron chi connectivity index (χ4n) is 1.52. The third-order valence-electron chi connectivity index (χ3n) is 2.37. The smallest absolute Gasteiger partial charge is 0.350 e. The number of hydrogen-bond donors (Lipinski definition) is 5. The minimum Gasteiger partial charge on any atom is -0.408 e. The van der Waals surface area contributed by atoms with Crippen molar-refractivity contribution in [3.63, 3.8) is 0 Å². The van der Waals surface area contributed by atoms with Gasteiger partial charge in [-0.2, -0.15) is 9.71 Å². The van der Waals surface area contributed by atoms with Crippen LogP contribution in [0.3, 0.4) is 0 Å². The second-order valence-electron chi connectivity index (χ2n) is 4.31. The highest BCUT2D eigenvalue weighted by atomic mass is 31.2. The normalized spacial score (nSPS) is 13.4. The van der Waals surface area contributed by atoms with Crippen LogP contribution in [0.25, 0.3) is 11.2 Å². The number of imidazole rings is 1. The van der Waals surface area contributed by atoms with Crippen molar-refractivity contribution >= 4 is 24.7 Å². The number of aromatic nitrogens is 4. The summed E-state index contributed by atoms with van der Waals surface area (Å²) < 4.78 is 16.3. The zero-order valence-corrected chi connectivity index (χ0v) is 12.0. The van der Waals surface area contributed by atoms with Crippen LogP contribution in [-0.4, -0.2) is 60.2 Å². The molecule has 0 aliphatic heterocycles. The van der Waals surface area contributed by atoms with Gasteiger partial charge in [-0.1, -0.05) is 0 Å². The number of aromatic amines is 1. The largest absolute Gasteiger partial charge is 0.408 e. The van der Waals surface area contributed by atoms with E-state index in [1.165, 1.54) is 6.33 Å². The van der Waals surface area contributed by atoms with Gasteiger partial charge in [0, 0.05) is 0 Å². The first-order valence-corrected chi connectivity index (χ1v) is 7.72. The first-order chi connectivity index (χ1) is 10.3. The molecule has 1 unspecified atom stereocenters. The molecule has 122 valence electrons. The topological polar surface area (TPSA) is 186 Å². The molecular weight excluding hydrogens is 321 g/mol. The number of anilines is 1. The predicted molar refractivity (Wildman–Crippen MR) is 72.9 cm³/mol. The van der Waals surface area contributed by atoms with Crippen molar-refractivity contribution in [2.45, 2.75) is 6.10 Å². The second-order valence-corrected chi connectivity index (χ2v) is 5.90. The van der Waals surface area contributed by atoms with E-state index < -0.39 is 25.6 Å². The minimum absolute atomic E-state index is 0.0152. The van der Waals surface area contributed by atoms with Gasteiger partial charge in [0.25, 0.3) is 5.56 Å². The Hall–Kier alpha value is -1.98. The summed E-state index contributed by atoms with van der Waals surface area (Å²) in [6, 6.07) is 0. The maximum Gasteiger partial charge on any atom is 0.350 e. The molecule has 0 saturated heterocycles. The van der Waals surface area contributed by atoms with Gasteiger partial charge < -0.3 is 30.2 Å². The van der Waals surface area contributed by atoms with Gasteiger partial charge in [0.15, 0.2) is 5.52 Å². The van der Waals surface area contributed by atoms with Crippen molar-refractivity contribution in [2.75, 3.05) is 25.3 Å². The van der Waals surface area contributed by atoms with Crippen LogP contribution in [0, 0.1) is 0 Å². The van der Waals surface area contributed by atoms with Gasteiger partial charge in [0.05, 0.1) is 6.61 Å². The molecule has 2 aromatic heterocycles. The molecule has 0 aliphatic rings. The van der Waals surface area contributed by atoms with E-state index in [0.717, 1.165) is 4.73 Å². The number of H-pyrrole nitrogens is 1. The third kappa shape index (κ3) is 4.26. The fraction of sp³-hybridized carbons (Fsp3) is 0.444. The summed E-state index contributed by atoms with van der Waals surface area (Å²) in [5, 5.41) is 9.58. The Kier molecular flexibility index (Phi) is 4.78. The maximum atomic E-state index is 11.5. The van der Waals surface area contributed by atoms with Gasteiger partial charge in [-0.25, -0.2) is 4.98 Å². The molecule has 1 atom stereocenters. The lowest BCUT2D eigenvalue weighted by atomic mass is 10.4. The second kappa shape index (κ2) is 6.42. The SMILES string of the molecule is Nc1nc2c(ncn2OCC(O)COCP(=O)(O)O)c(=O)[nH]1. The quantitative estimate of drug-likeness (QED) is 0.343. The first kappa shape index (κ1) is 16.4. The summed E-state index contributed by atoms with van der Waals surface area (Å²) in [6.07, 6.45) is -0.774. The molecule has 0 fully saturated rings. The monoisotopic (exact) mass is 335 g/mol. The highest BCUT2D eigenvalue weighted by Crippen LogP contribution is 2.33. The molecule has 2 heterocycles. The third-order valence-corrected chi connectivity index (χ3v) is 2.89. The molecule has 0 amide bonds. The van der Waals surface area contributed by atoms with Gasteiger partial charge in [-0.3, -0.25) is 14.3 Å². The predicted octanol–water partition coefficient (Wildman–Crippen LogP) is -2.36. The Morgan fingerprint density at radius 3 is 2.86 bits per heavy atom. The Morgan fingerprint density at radius 1 is 1.45 bits per heavy atom. The van der Waals surface area contributed by atoms with Gasteiger partial charge >= 0.3 is 7.60 Å². The Balaban J connectivity index is 1.94. The molecule has 0 radical (unpaired) electrons. The minimum atomic E-state index is -4.28. The average molecular weight is 335 g/mol. The summed E-state index contributed by atoms with van der Waals surface area (Å²) in [5.74, 6) is -0.117. The average Bonchev–Trinajstić information content (AvgIpc) is 2.78. The summed E-state index contributed by atoms with van der Waals surface area (Å²) >= 11 is 0. The number of aliphatic hydroxyl groups excluding tert-OH is 1.